The van der Waals surface area contributed by atoms with Gasteiger partial charge in [0.05, 0.1) is 12.1 Å². The van der Waals surface area contributed by atoms with Crippen LogP contribution in [0, 0.1) is 12.8 Å². The molecule has 4 rings (SSSR count). The average Bonchev–Trinajstić information content (AvgIpc) is 3.06. The van der Waals surface area contributed by atoms with E-state index in [0.29, 0.717) is 6.54 Å². The first-order valence-electron chi connectivity index (χ1n) is 10.7. The summed E-state index contributed by atoms with van der Waals surface area (Å²) in [5.41, 5.74) is 3.58. The summed E-state index contributed by atoms with van der Waals surface area (Å²) < 4.78 is 2.26. The first-order valence-corrected chi connectivity index (χ1v) is 10.7. The summed E-state index contributed by atoms with van der Waals surface area (Å²) in [4.78, 5) is 0. The normalized spacial score (nSPS) is 17.6. The maximum Gasteiger partial charge on any atom is 0.0912 e. The predicted octanol–water partition coefficient (Wildman–Crippen LogP) is 5.07. The molecule has 3 heteroatoms. The molecule has 0 amide bonds. The molecule has 3 aromatic rings. The van der Waals surface area contributed by atoms with Gasteiger partial charge in [-0.05, 0) is 49.4 Å². The minimum Gasteiger partial charge on any atom is -0.389 e. The van der Waals surface area contributed by atoms with Crippen molar-refractivity contribution in [3.63, 3.8) is 0 Å². The fourth-order valence-electron chi connectivity index (χ4n) is 4.77. The Bertz CT molecular complexity index is 880. The molecule has 1 aromatic heterocycles. The Hall–Kier alpha value is -2.10. The van der Waals surface area contributed by atoms with Gasteiger partial charge in [-0.25, -0.2) is 0 Å². The fourth-order valence-corrected chi connectivity index (χ4v) is 4.77. The van der Waals surface area contributed by atoms with Crippen LogP contribution in [0.2, 0.25) is 0 Å². The second kappa shape index (κ2) is 8.93. The number of fused-ring (bicyclic) bond motifs is 1. The Labute approximate surface area is 168 Å². The Morgan fingerprint density at radius 2 is 1.71 bits per heavy atom. The molecular weight excluding hydrogens is 344 g/mol. The van der Waals surface area contributed by atoms with Gasteiger partial charge in [0.25, 0.3) is 0 Å². The molecule has 2 N–H and O–H groups in total. The van der Waals surface area contributed by atoms with Gasteiger partial charge in [0.15, 0.2) is 0 Å². The molecule has 28 heavy (non-hydrogen) atoms. The van der Waals surface area contributed by atoms with E-state index >= 15 is 0 Å². The number of hydrogen-bond donors (Lipinski definition) is 2. The number of rotatable bonds is 7. The number of aryl methyl sites for hydroxylation is 1. The lowest BCUT2D eigenvalue weighted by Gasteiger charge is -2.28. The minimum atomic E-state index is -0.485. The molecule has 2 atom stereocenters. The van der Waals surface area contributed by atoms with Crippen LogP contribution in [-0.4, -0.2) is 28.9 Å². The standard InChI is InChI=1S/C25H32N2O/c1-19-18-27(23-15-9-8-14-22(19)23)25(21-12-6-3-7-13-21)24(28)17-26-16-20-10-4-2-5-11-20/h3,6-9,12-15,18,20,24-26,28H,2,4-5,10-11,16-17H2,1H3. The molecule has 0 spiro atoms. The SMILES string of the molecule is Cc1cn(C(c2ccccc2)C(O)CNCC2CCCCC2)c2ccccc12. The molecule has 1 aliphatic carbocycles. The van der Waals surface area contributed by atoms with Crippen LogP contribution in [0.15, 0.2) is 60.8 Å². The van der Waals surface area contributed by atoms with Crippen molar-refractivity contribution in [2.45, 2.75) is 51.2 Å². The quantitative estimate of drug-likeness (QED) is 0.604. The second-order valence-corrected chi connectivity index (χ2v) is 8.32. The summed E-state index contributed by atoms with van der Waals surface area (Å²) in [6.07, 6.45) is 8.45. The summed E-state index contributed by atoms with van der Waals surface area (Å²) in [5, 5.41) is 16.1. The van der Waals surface area contributed by atoms with Crippen LogP contribution in [0.4, 0.5) is 0 Å². The van der Waals surface area contributed by atoms with Gasteiger partial charge in [0, 0.05) is 23.6 Å². The second-order valence-electron chi connectivity index (χ2n) is 8.32. The lowest BCUT2D eigenvalue weighted by molar-refractivity contribution is 0.127. The van der Waals surface area contributed by atoms with E-state index in [-0.39, 0.29) is 6.04 Å². The molecule has 0 saturated heterocycles. The summed E-state index contributed by atoms with van der Waals surface area (Å²) >= 11 is 0. The highest BCUT2D eigenvalue weighted by atomic mass is 16.3. The van der Waals surface area contributed by atoms with Crippen LogP contribution >= 0.6 is 0 Å². The zero-order valence-electron chi connectivity index (χ0n) is 16.8. The van der Waals surface area contributed by atoms with Crippen molar-refractivity contribution in [1.82, 2.24) is 9.88 Å². The highest BCUT2D eigenvalue weighted by Gasteiger charge is 2.25. The zero-order chi connectivity index (χ0) is 19.3. The number of para-hydroxylation sites is 1. The van der Waals surface area contributed by atoms with Crippen molar-refractivity contribution in [3.8, 4) is 0 Å². The molecule has 2 aromatic carbocycles. The van der Waals surface area contributed by atoms with Crippen molar-refractivity contribution in [1.29, 1.82) is 0 Å². The highest BCUT2D eigenvalue weighted by molar-refractivity contribution is 5.84. The van der Waals surface area contributed by atoms with E-state index in [0.717, 1.165) is 18.0 Å². The topological polar surface area (TPSA) is 37.2 Å². The van der Waals surface area contributed by atoms with Gasteiger partial charge in [0.2, 0.25) is 0 Å². The van der Waals surface area contributed by atoms with Crippen molar-refractivity contribution in [2.75, 3.05) is 13.1 Å². The van der Waals surface area contributed by atoms with Crippen LogP contribution in [0.1, 0.15) is 49.3 Å². The summed E-state index contributed by atoms with van der Waals surface area (Å²) in [6, 6.07) is 18.8. The number of aliphatic hydroxyl groups is 1. The molecule has 148 valence electrons. The molecular formula is C25H32N2O. The summed E-state index contributed by atoms with van der Waals surface area (Å²) in [7, 11) is 0. The van der Waals surface area contributed by atoms with Crippen molar-refractivity contribution >= 4 is 10.9 Å². The van der Waals surface area contributed by atoms with Gasteiger partial charge in [-0.3, -0.25) is 0 Å². The lowest BCUT2D eigenvalue weighted by atomic mass is 9.89. The van der Waals surface area contributed by atoms with Gasteiger partial charge in [-0.2, -0.15) is 0 Å². The monoisotopic (exact) mass is 376 g/mol. The number of aromatic nitrogens is 1. The van der Waals surface area contributed by atoms with Gasteiger partial charge in [-0.1, -0.05) is 67.8 Å². The van der Waals surface area contributed by atoms with Crippen LogP contribution in [-0.2, 0) is 0 Å². The molecule has 3 nitrogen and oxygen atoms in total. The summed E-state index contributed by atoms with van der Waals surface area (Å²) in [6.45, 7) is 3.78. The molecule has 1 fully saturated rings. The van der Waals surface area contributed by atoms with E-state index in [4.69, 9.17) is 0 Å². The number of nitrogens with zero attached hydrogens (tertiary/aromatic N) is 1. The van der Waals surface area contributed by atoms with Crippen LogP contribution < -0.4 is 5.32 Å². The molecule has 1 saturated carbocycles. The molecule has 0 bridgehead atoms. The number of benzene rings is 2. The van der Waals surface area contributed by atoms with Crippen LogP contribution in [0.5, 0.6) is 0 Å². The molecule has 1 heterocycles. The van der Waals surface area contributed by atoms with Crippen molar-refractivity contribution < 1.29 is 5.11 Å². The largest absolute Gasteiger partial charge is 0.389 e. The van der Waals surface area contributed by atoms with Crippen LogP contribution in [0.25, 0.3) is 10.9 Å². The Balaban J connectivity index is 1.57. The minimum absolute atomic E-state index is 0.0985. The third-order valence-corrected chi connectivity index (χ3v) is 6.26. The first-order chi connectivity index (χ1) is 13.7. The molecule has 0 aliphatic heterocycles. The number of nitrogens with one attached hydrogen (secondary N) is 1. The average molecular weight is 377 g/mol. The number of aliphatic hydroxyl groups excluding tert-OH is 1. The zero-order valence-corrected chi connectivity index (χ0v) is 16.8. The predicted molar refractivity (Wildman–Crippen MR) is 117 cm³/mol. The lowest BCUT2D eigenvalue weighted by Crippen LogP contribution is -2.37. The van der Waals surface area contributed by atoms with E-state index < -0.39 is 6.10 Å². The third kappa shape index (κ3) is 4.16. The van der Waals surface area contributed by atoms with E-state index in [9.17, 15) is 5.11 Å². The smallest absolute Gasteiger partial charge is 0.0912 e. The van der Waals surface area contributed by atoms with E-state index in [1.165, 1.54) is 48.6 Å². The van der Waals surface area contributed by atoms with Gasteiger partial charge in [-0.15, -0.1) is 0 Å². The van der Waals surface area contributed by atoms with Gasteiger partial charge < -0.3 is 15.0 Å². The Morgan fingerprint density at radius 1 is 1.00 bits per heavy atom. The van der Waals surface area contributed by atoms with Crippen LogP contribution in [0.3, 0.4) is 0 Å². The molecule has 1 aliphatic rings. The molecule has 2 unspecified atom stereocenters. The summed E-state index contributed by atoms with van der Waals surface area (Å²) in [5.74, 6) is 0.769. The Morgan fingerprint density at radius 3 is 2.50 bits per heavy atom. The molecule has 0 radical (unpaired) electrons. The Kier molecular flexibility index (Phi) is 6.13. The number of hydrogen-bond acceptors (Lipinski definition) is 2. The van der Waals surface area contributed by atoms with Crippen molar-refractivity contribution in [2.24, 2.45) is 5.92 Å². The van der Waals surface area contributed by atoms with Gasteiger partial charge >= 0.3 is 0 Å². The van der Waals surface area contributed by atoms with E-state index in [2.05, 4.69) is 71.5 Å². The maximum absolute atomic E-state index is 11.2. The van der Waals surface area contributed by atoms with E-state index in [1.807, 2.05) is 6.07 Å². The highest BCUT2D eigenvalue weighted by Crippen LogP contribution is 2.30. The van der Waals surface area contributed by atoms with Crippen molar-refractivity contribution in [3.05, 3.63) is 71.9 Å². The maximum atomic E-state index is 11.2. The fraction of sp³-hybridized carbons (Fsp3) is 0.440. The van der Waals surface area contributed by atoms with Gasteiger partial charge in [0.1, 0.15) is 0 Å². The van der Waals surface area contributed by atoms with E-state index in [1.54, 1.807) is 0 Å². The first kappa shape index (κ1) is 19.2. The third-order valence-electron chi connectivity index (χ3n) is 6.26.